The molecule has 0 bridgehead atoms. The minimum atomic E-state index is -0.414. The molecule has 0 aromatic heterocycles. The fourth-order valence-corrected chi connectivity index (χ4v) is 4.61. The SMILES string of the molecule is Cc1ccc(C)c(NC(=O)C2CCC(CNc3c(N4CCOCC4)c(=O)c3=O)CC2)c1. The lowest BCUT2D eigenvalue weighted by Crippen LogP contribution is -2.47. The quantitative estimate of drug-likeness (QED) is 0.692. The molecular formula is C24H31N3O4. The van der Waals surface area contributed by atoms with Crippen molar-refractivity contribution in [2.75, 3.05) is 48.4 Å². The molecule has 0 spiro atoms. The number of ether oxygens (including phenoxy) is 1. The monoisotopic (exact) mass is 425 g/mol. The molecule has 1 aliphatic carbocycles. The number of hydrogen-bond donors (Lipinski definition) is 2. The van der Waals surface area contributed by atoms with Crippen LogP contribution in [0.25, 0.3) is 0 Å². The maximum Gasteiger partial charge on any atom is 0.253 e. The van der Waals surface area contributed by atoms with Gasteiger partial charge in [-0.1, -0.05) is 12.1 Å². The largest absolute Gasteiger partial charge is 0.380 e. The predicted molar refractivity (Wildman–Crippen MR) is 123 cm³/mol. The first-order chi connectivity index (χ1) is 14.9. The fourth-order valence-electron chi connectivity index (χ4n) is 4.61. The highest BCUT2D eigenvalue weighted by Gasteiger charge is 2.30. The topological polar surface area (TPSA) is 87.7 Å². The highest BCUT2D eigenvalue weighted by Crippen LogP contribution is 2.31. The number of aryl methyl sites for hydroxylation is 2. The van der Waals surface area contributed by atoms with E-state index >= 15 is 0 Å². The number of benzene rings is 1. The summed E-state index contributed by atoms with van der Waals surface area (Å²) in [6.45, 7) is 7.12. The average Bonchev–Trinajstić information content (AvgIpc) is 2.79. The Morgan fingerprint density at radius 1 is 1.06 bits per heavy atom. The molecule has 4 rings (SSSR count). The summed E-state index contributed by atoms with van der Waals surface area (Å²) in [6, 6.07) is 6.09. The van der Waals surface area contributed by atoms with Crippen molar-refractivity contribution in [2.45, 2.75) is 39.5 Å². The highest BCUT2D eigenvalue weighted by molar-refractivity contribution is 5.93. The standard InChI is InChI=1S/C24H31N3O4/c1-15-3-4-16(2)19(13-15)26-24(30)18-7-5-17(6-8-18)14-25-20-21(23(29)22(20)28)27-9-11-31-12-10-27/h3-4,13,17-18,25H,5-12,14H2,1-2H3,(H,26,30). The van der Waals surface area contributed by atoms with E-state index < -0.39 is 10.9 Å². The molecule has 2 aromatic carbocycles. The van der Waals surface area contributed by atoms with Gasteiger partial charge in [0, 0.05) is 31.2 Å². The molecule has 0 unspecified atom stereocenters. The lowest BCUT2D eigenvalue weighted by Gasteiger charge is -2.32. The Balaban J connectivity index is 1.28. The second-order valence-electron chi connectivity index (χ2n) is 8.89. The highest BCUT2D eigenvalue weighted by atomic mass is 16.5. The molecule has 2 aliphatic rings. The van der Waals surface area contributed by atoms with Crippen LogP contribution < -0.4 is 26.4 Å². The molecule has 7 nitrogen and oxygen atoms in total. The number of anilines is 3. The van der Waals surface area contributed by atoms with E-state index in [4.69, 9.17) is 4.74 Å². The second-order valence-corrected chi connectivity index (χ2v) is 8.89. The third-order valence-electron chi connectivity index (χ3n) is 6.65. The van der Waals surface area contributed by atoms with E-state index in [0.717, 1.165) is 42.5 Å². The Labute approximate surface area is 182 Å². The number of amides is 1. The maximum atomic E-state index is 12.7. The van der Waals surface area contributed by atoms with Gasteiger partial charge in [-0.3, -0.25) is 14.4 Å². The van der Waals surface area contributed by atoms with E-state index in [1.807, 2.05) is 36.9 Å². The van der Waals surface area contributed by atoms with Gasteiger partial charge in [0.15, 0.2) is 0 Å². The van der Waals surface area contributed by atoms with Crippen LogP contribution in [0.5, 0.6) is 0 Å². The summed E-state index contributed by atoms with van der Waals surface area (Å²) >= 11 is 0. The number of nitrogens with zero attached hydrogens (tertiary/aromatic N) is 1. The van der Waals surface area contributed by atoms with Gasteiger partial charge in [-0.15, -0.1) is 0 Å². The summed E-state index contributed by atoms with van der Waals surface area (Å²) in [4.78, 5) is 38.8. The maximum absolute atomic E-state index is 12.7. The number of carbonyl (C=O) groups excluding carboxylic acids is 1. The van der Waals surface area contributed by atoms with Gasteiger partial charge < -0.3 is 20.3 Å². The van der Waals surface area contributed by atoms with Gasteiger partial charge in [-0.25, -0.2) is 0 Å². The van der Waals surface area contributed by atoms with E-state index in [1.54, 1.807) is 0 Å². The van der Waals surface area contributed by atoms with Crippen LogP contribution in [0.1, 0.15) is 36.8 Å². The fraction of sp³-hybridized carbons (Fsp3) is 0.542. The van der Waals surface area contributed by atoms with Crippen molar-refractivity contribution < 1.29 is 9.53 Å². The van der Waals surface area contributed by atoms with Crippen LogP contribution in [0, 0.1) is 25.7 Å². The van der Waals surface area contributed by atoms with Gasteiger partial charge in [0.1, 0.15) is 11.4 Å². The van der Waals surface area contributed by atoms with Gasteiger partial charge >= 0.3 is 0 Å². The van der Waals surface area contributed by atoms with Gasteiger partial charge in [0.05, 0.1) is 13.2 Å². The molecular weight excluding hydrogens is 394 g/mol. The zero-order valence-electron chi connectivity index (χ0n) is 18.3. The van der Waals surface area contributed by atoms with Gasteiger partial charge in [0.25, 0.3) is 10.9 Å². The van der Waals surface area contributed by atoms with E-state index in [-0.39, 0.29) is 11.8 Å². The van der Waals surface area contributed by atoms with Crippen LogP contribution in [0.2, 0.25) is 0 Å². The molecule has 1 amide bonds. The smallest absolute Gasteiger partial charge is 0.253 e. The van der Waals surface area contributed by atoms with Crippen LogP contribution in [-0.4, -0.2) is 38.8 Å². The normalized spacial score (nSPS) is 21.8. The van der Waals surface area contributed by atoms with Crippen molar-refractivity contribution in [2.24, 2.45) is 11.8 Å². The van der Waals surface area contributed by atoms with Crippen molar-refractivity contribution in [3.05, 3.63) is 49.8 Å². The Bertz CT molecular complexity index is 1010. The van der Waals surface area contributed by atoms with Gasteiger partial charge in [-0.05, 0) is 62.6 Å². The molecule has 1 heterocycles. The molecule has 2 fully saturated rings. The zero-order chi connectivity index (χ0) is 22.0. The number of carbonyl (C=O) groups is 1. The Morgan fingerprint density at radius 2 is 1.77 bits per heavy atom. The van der Waals surface area contributed by atoms with Gasteiger partial charge in [-0.2, -0.15) is 0 Å². The van der Waals surface area contributed by atoms with Crippen molar-refractivity contribution in [3.8, 4) is 0 Å². The minimum Gasteiger partial charge on any atom is -0.380 e. The molecule has 166 valence electrons. The van der Waals surface area contributed by atoms with E-state index in [2.05, 4.69) is 10.6 Å². The Kier molecular flexibility index (Phi) is 6.41. The molecule has 1 saturated heterocycles. The van der Waals surface area contributed by atoms with E-state index in [0.29, 0.717) is 50.1 Å². The van der Waals surface area contributed by atoms with E-state index in [9.17, 15) is 14.4 Å². The van der Waals surface area contributed by atoms with E-state index in [1.165, 1.54) is 0 Å². The first-order valence-corrected chi connectivity index (χ1v) is 11.2. The molecule has 0 radical (unpaired) electrons. The predicted octanol–water partition coefficient (Wildman–Crippen LogP) is 2.59. The lowest BCUT2D eigenvalue weighted by atomic mass is 9.81. The van der Waals surface area contributed by atoms with Crippen molar-refractivity contribution in [1.82, 2.24) is 0 Å². The lowest BCUT2D eigenvalue weighted by molar-refractivity contribution is -0.121. The van der Waals surface area contributed by atoms with Gasteiger partial charge in [0.2, 0.25) is 5.91 Å². The first-order valence-electron chi connectivity index (χ1n) is 11.2. The van der Waals surface area contributed by atoms with Crippen LogP contribution in [-0.2, 0) is 9.53 Å². The van der Waals surface area contributed by atoms with Crippen LogP contribution in [0.4, 0.5) is 17.1 Å². The molecule has 31 heavy (non-hydrogen) atoms. The summed E-state index contributed by atoms with van der Waals surface area (Å²) in [5.74, 6) is 0.509. The van der Waals surface area contributed by atoms with Crippen LogP contribution >= 0.6 is 0 Å². The molecule has 1 aliphatic heterocycles. The molecule has 0 atom stereocenters. The minimum absolute atomic E-state index is 0.0196. The first kappa shape index (κ1) is 21.6. The Morgan fingerprint density at radius 3 is 2.48 bits per heavy atom. The summed E-state index contributed by atoms with van der Waals surface area (Å²) in [5.41, 5.74) is 3.27. The summed E-state index contributed by atoms with van der Waals surface area (Å²) < 4.78 is 5.34. The van der Waals surface area contributed by atoms with Crippen molar-refractivity contribution in [1.29, 1.82) is 0 Å². The summed E-state index contributed by atoms with van der Waals surface area (Å²) in [5, 5.41) is 6.34. The third-order valence-corrected chi connectivity index (χ3v) is 6.65. The molecule has 2 N–H and O–H groups in total. The number of hydrogen-bond acceptors (Lipinski definition) is 6. The number of nitrogens with one attached hydrogen (secondary N) is 2. The number of morpholine rings is 1. The third kappa shape index (κ3) is 4.66. The van der Waals surface area contributed by atoms with Crippen molar-refractivity contribution in [3.63, 3.8) is 0 Å². The summed E-state index contributed by atoms with van der Waals surface area (Å²) in [6.07, 6.45) is 3.54. The van der Waals surface area contributed by atoms with Crippen molar-refractivity contribution >= 4 is 23.0 Å². The Hall–Kier alpha value is -2.67. The molecule has 1 saturated carbocycles. The second kappa shape index (κ2) is 9.22. The summed E-state index contributed by atoms with van der Waals surface area (Å²) in [7, 11) is 0. The van der Waals surface area contributed by atoms with Crippen LogP contribution in [0.3, 0.4) is 0 Å². The molecule has 7 heteroatoms. The molecule has 2 aromatic rings. The number of rotatable bonds is 6. The van der Waals surface area contributed by atoms with Crippen LogP contribution in [0.15, 0.2) is 27.8 Å². The average molecular weight is 426 g/mol. The zero-order valence-corrected chi connectivity index (χ0v) is 18.3.